The maximum absolute atomic E-state index is 12.1. The lowest BCUT2D eigenvalue weighted by atomic mass is 10.2. The number of aromatic nitrogens is 2. The average molecular weight is 345 g/mol. The van der Waals surface area contributed by atoms with Crippen LogP contribution in [-0.4, -0.2) is 22.5 Å². The van der Waals surface area contributed by atoms with Crippen LogP contribution in [0, 0.1) is 6.92 Å². The van der Waals surface area contributed by atoms with Gasteiger partial charge in [-0.1, -0.05) is 0 Å². The maximum atomic E-state index is 12.1. The van der Waals surface area contributed by atoms with Crippen molar-refractivity contribution in [2.75, 3.05) is 5.73 Å². The highest BCUT2D eigenvalue weighted by Gasteiger charge is 2.08. The first kappa shape index (κ1) is 14.4. The van der Waals surface area contributed by atoms with Gasteiger partial charge in [0.1, 0.15) is 5.75 Å². The Bertz CT molecular complexity index is 642. The second-order valence-electron chi connectivity index (χ2n) is 3.90. The molecule has 0 bridgehead atoms. The van der Waals surface area contributed by atoms with Gasteiger partial charge in [0.15, 0.2) is 0 Å². The Balaban J connectivity index is 2.18. The van der Waals surface area contributed by atoms with Crippen LogP contribution in [0.1, 0.15) is 11.3 Å². The zero-order valence-corrected chi connectivity index (χ0v) is 12.0. The highest BCUT2D eigenvalue weighted by atomic mass is 79.9. The number of nitrogens with two attached hydrogens (primary N) is 1. The van der Waals surface area contributed by atoms with Crippen LogP contribution >= 0.6 is 15.9 Å². The lowest BCUT2D eigenvalue weighted by molar-refractivity contribution is -0.0503. The van der Waals surface area contributed by atoms with E-state index in [4.69, 9.17) is 5.73 Å². The molecule has 2 N–H and O–H groups in total. The largest absolute Gasteiger partial charge is 0.434 e. The third-order valence-corrected chi connectivity index (χ3v) is 2.96. The molecule has 2 aromatic rings. The minimum absolute atomic E-state index is 0.0649. The maximum Gasteiger partial charge on any atom is 0.387 e. The molecule has 0 aliphatic rings. The Morgan fingerprint density at radius 2 is 2.25 bits per heavy atom. The molecule has 0 unspecified atom stereocenters. The molecule has 8 heteroatoms. The zero-order valence-electron chi connectivity index (χ0n) is 10.4. The molecule has 0 atom stereocenters. The van der Waals surface area contributed by atoms with E-state index in [0.29, 0.717) is 10.0 Å². The predicted molar refractivity (Wildman–Crippen MR) is 75.1 cm³/mol. The Morgan fingerprint density at radius 3 is 2.80 bits per heavy atom. The molecule has 0 saturated carbocycles. The monoisotopic (exact) mass is 344 g/mol. The summed E-state index contributed by atoms with van der Waals surface area (Å²) in [6.07, 6.45) is 3.21. The summed E-state index contributed by atoms with van der Waals surface area (Å²) >= 11 is 3.16. The smallest absolute Gasteiger partial charge is 0.387 e. The normalized spacial score (nSPS) is 11.4. The van der Waals surface area contributed by atoms with Crippen molar-refractivity contribution in [1.29, 1.82) is 0 Å². The van der Waals surface area contributed by atoms with E-state index in [1.807, 2.05) is 0 Å². The van der Waals surface area contributed by atoms with Gasteiger partial charge in [-0.2, -0.15) is 13.9 Å². The number of anilines is 1. The summed E-state index contributed by atoms with van der Waals surface area (Å²) in [6, 6.07) is 4.65. The van der Waals surface area contributed by atoms with Gasteiger partial charge >= 0.3 is 6.61 Å². The van der Waals surface area contributed by atoms with E-state index >= 15 is 0 Å². The van der Waals surface area contributed by atoms with Crippen LogP contribution in [0.2, 0.25) is 0 Å². The fourth-order valence-corrected chi connectivity index (χ4v) is 2.00. The summed E-state index contributed by atoms with van der Waals surface area (Å²) < 4.78 is 30.4. The number of nitrogen functional groups attached to an aromatic ring is 1. The lowest BCUT2D eigenvalue weighted by Crippen LogP contribution is -2.02. The second kappa shape index (κ2) is 6.00. The van der Waals surface area contributed by atoms with Gasteiger partial charge in [0.25, 0.3) is 0 Å². The van der Waals surface area contributed by atoms with E-state index in [9.17, 15) is 8.78 Å². The highest BCUT2D eigenvalue weighted by molar-refractivity contribution is 9.10. The molecule has 20 heavy (non-hydrogen) atoms. The first-order chi connectivity index (χ1) is 9.45. The molecule has 0 spiro atoms. The van der Waals surface area contributed by atoms with Crippen molar-refractivity contribution >= 4 is 28.1 Å². The SMILES string of the molecule is Cc1cn(N=Cc2ccc(OC(F)F)c(Br)c2)c(N)n1. The summed E-state index contributed by atoms with van der Waals surface area (Å²) in [5, 5.41) is 4.12. The number of imidazole rings is 1. The number of hydrogen-bond donors (Lipinski definition) is 1. The van der Waals surface area contributed by atoms with Gasteiger partial charge in [0.2, 0.25) is 5.95 Å². The van der Waals surface area contributed by atoms with E-state index < -0.39 is 6.61 Å². The van der Waals surface area contributed by atoms with Crippen molar-refractivity contribution in [3.05, 3.63) is 40.1 Å². The van der Waals surface area contributed by atoms with E-state index in [-0.39, 0.29) is 11.7 Å². The predicted octanol–water partition coefficient (Wildman–Crippen LogP) is 3.02. The van der Waals surface area contributed by atoms with Crippen LogP contribution < -0.4 is 10.5 Å². The van der Waals surface area contributed by atoms with Crippen LogP contribution in [0.5, 0.6) is 5.75 Å². The quantitative estimate of drug-likeness (QED) is 0.867. The van der Waals surface area contributed by atoms with Crippen molar-refractivity contribution in [3.63, 3.8) is 0 Å². The molecule has 0 saturated heterocycles. The molecule has 0 aliphatic carbocycles. The zero-order chi connectivity index (χ0) is 14.7. The summed E-state index contributed by atoms with van der Waals surface area (Å²) in [4.78, 5) is 4.00. The first-order valence-electron chi connectivity index (χ1n) is 5.56. The Hall–Kier alpha value is -1.96. The molecular formula is C12H11BrF2N4O. The van der Waals surface area contributed by atoms with Crippen LogP contribution in [0.3, 0.4) is 0 Å². The molecule has 5 nitrogen and oxygen atoms in total. The number of ether oxygens (including phenoxy) is 1. The third kappa shape index (κ3) is 3.53. The molecule has 1 aromatic heterocycles. The fourth-order valence-electron chi connectivity index (χ4n) is 1.51. The number of alkyl halides is 2. The molecule has 1 heterocycles. The molecule has 0 fully saturated rings. The van der Waals surface area contributed by atoms with Crippen molar-refractivity contribution < 1.29 is 13.5 Å². The molecule has 1 aromatic carbocycles. The summed E-state index contributed by atoms with van der Waals surface area (Å²) in [5.41, 5.74) is 7.09. The van der Waals surface area contributed by atoms with Crippen molar-refractivity contribution in [1.82, 2.24) is 9.66 Å². The van der Waals surface area contributed by atoms with Gasteiger partial charge in [-0.15, -0.1) is 0 Å². The molecule has 2 rings (SSSR count). The molecule has 0 aliphatic heterocycles. The van der Waals surface area contributed by atoms with Crippen LogP contribution in [0.4, 0.5) is 14.7 Å². The number of rotatable bonds is 4. The van der Waals surface area contributed by atoms with Crippen LogP contribution in [0.15, 0.2) is 34.0 Å². The number of benzene rings is 1. The van der Waals surface area contributed by atoms with Gasteiger partial charge < -0.3 is 10.5 Å². The average Bonchev–Trinajstić information content (AvgIpc) is 2.68. The minimum atomic E-state index is -2.86. The summed E-state index contributed by atoms with van der Waals surface area (Å²) in [6.45, 7) is -1.06. The number of halogens is 3. The third-order valence-electron chi connectivity index (χ3n) is 2.34. The Labute approximate surface area is 122 Å². The van der Waals surface area contributed by atoms with Crippen molar-refractivity contribution in [2.45, 2.75) is 13.5 Å². The summed E-state index contributed by atoms with van der Waals surface area (Å²) in [7, 11) is 0. The van der Waals surface area contributed by atoms with Crippen molar-refractivity contribution in [2.24, 2.45) is 5.10 Å². The molecule has 0 amide bonds. The number of hydrogen-bond acceptors (Lipinski definition) is 4. The highest BCUT2D eigenvalue weighted by Crippen LogP contribution is 2.26. The van der Waals surface area contributed by atoms with Gasteiger partial charge in [-0.05, 0) is 46.6 Å². The Kier molecular flexibility index (Phi) is 4.33. The Morgan fingerprint density at radius 1 is 1.50 bits per heavy atom. The molecule has 0 radical (unpaired) electrons. The fraction of sp³-hybridized carbons (Fsp3) is 0.167. The minimum Gasteiger partial charge on any atom is -0.434 e. The molecule has 106 valence electrons. The van der Waals surface area contributed by atoms with E-state index in [2.05, 4.69) is 30.8 Å². The molecular weight excluding hydrogens is 334 g/mol. The number of nitrogens with zero attached hydrogens (tertiary/aromatic N) is 3. The van der Waals surface area contributed by atoms with E-state index in [1.165, 1.54) is 17.0 Å². The lowest BCUT2D eigenvalue weighted by Gasteiger charge is -2.06. The van der Waals surface area contributed by atoms with Gasteiger partial charge in [-0.25, -0.2) is 9.66 Å². The first-order valence-corrected chi connectivity index (χ1v) is 6.35. The summed E-state index contributed by atoms with van der Waals surface area (Å²) in [5.74, 6) is 0.339. The van der Waals surface area contributed by atoms with E-state index in [0.717, 1.165) is 5.69 Å². The van der Waals surface area contributed by atoms with Gasteiger partial charge in [0, 0.05) is 0 Å². The number of aryl methyl sites for hydroxylation is 1. The van der Waals surface area contributed by atoms with Crippen molar-refractivity contribution in [3.8, 4) is 5.75 Å². The van der Waals surface area contributed by atoms with Gasteiger partial charge in [-0.3, -0.25) is 0 Å². The van der Waals surface area contributed by atoms with Crippen LogP contribution in [-0.2, 0) is 0 Å². The van der Waals surface area contributed by atoms with E-state index in [1.54, 1.807) is 25.3 Å². The second-order valence-corrected chi connectivity index (χ2v) is 4.75. The standard InChI is InChI=1S/C12H11BrF2N4O/c1-7-6-19(12(16)18-7)17-5-8-2-3-10(9(13)4-8)20-11(14)15/h2-6,11H,1H3,(H2,16,18). The van der Waals surface area contributed by atoms with Crippen LogP contribution in [0.25, 0.3) is 0 Å². The van der Waals surface area contributed by atoms with Gasteiger partial charge in [0.05, 0.1) is 22.6 Å². The topological polar surface area (TPSA) is 65.4 Å².